The van der Waals surface area contributed by atoms with E-state index in [0.717, 1.165) is 0 Å². The molecule has 0 saturated carbocycles. The van der Waals surface area contributed by atoms with Crippen molar-refractivity contribution in [3.8, 4) is 0 Å². The Labute approximate surface area is 64.9 Å². The van der Waals surface area contributed by atoms with Crippen molar-refractivity contribution in [2.45, 2.75) is 0 Å². The van der Waals surface area contributed by atoms with Crippen LogP contribution in [0, 0.1) is 0 Å². The van der Waals surface area contributed by atoms with Gasteiger partial charge in [0.15, 0.2) is 0 Å². The van der Waals surface area contributed by atoms with Crippen molar-refractivity contribution in [2.24, 2.45) is 0 Å². The van der Waals surface area contributed by atoms with Crippen molar-refractivity contribution in [3.63, 3.8) is 0 Å². The maximum Gasteiger partial charge on any atom is 0.0267 e. The Kier molecular flexibility index (Phi) is 3.65. The minimum Gasteiger partial charge on any atom is -0.265 e. The van der Waals surface area contributed by atoms with Crippen molar-refractivity contribution >= 4 is 7.05 Å². The van der Waals surface area contributed by atoms with Gasteiger partial charge in [-0.1, -0.05) is 6.07 Å². The molecule has 0 atom stereocenters. The SMILES string of the molecule is b1c[nH]nn1.c1ccncc1. The van der Waals surface area contributed by atoms with E-state index in [9.17, 15) is 0 Å². The van der Waals surface area contributed by atoms with E-state index in [-0.39, 0.29) is 0 Å². The molecular formula is C6H7BN4. The molecule has 2 heterocycles. The zero-order valence-corrected chi connectivity index (χ0v) is 5.88. The Morgan fingerprint density at radius 1 is 1.09 bits per heavy atom. The van der Waals surface area contributed by atoms with E-state index in [1.807, 2.05) is 18.2 Å². The van der Waals surface area contributed by atoms with Crippen LogP contribution in [0.15, 0.2) is 36.7 Å². The molecular weight excluding hydrogens is 139 g/mol. The zero-order chi connectivity index (χ0) is 7.78. The molecule has 0 amide bonds. The Hall–Kier alpha value is -1.52. The van der Waals surface area contributed by atoms with Gasteiger partial charge in [0.1, 0.15) is 0 Å². The maximum absolute atomic E-state index is 3.78. The normalized spacial score (nSPS) is 7.64. The molecule has 2 rings (SSSR count). The van der Waals surface area contributed by atoms with Crippen LogP contribution in [0.1, 0.15) is 0 Å². The molecule has 1 N–H and O–H groups in total. The van der Waals surface area contributed by atoms with Gasteiger partial charge in [0.2, 0.25) is 0 Å². The van der Waals surface area contributed by atoms with E-state index in [1.54, 1.807) is 25.5 Å². The van der Waals surface area contributed by atoms with Gasteiger partial charge in [0.05, 0.1) is 0 Å². The first-order chi connectivity index (χ1) is 5.50. The van der Waals surface area contributed by atoms with Crippen LogP contribution in [0.25, 0.3) is 0 Å². The van der Waals surface area contributed by atoms with Crippen LogP contribution in [-0.2, 0) is 0 Å². The smallest absolute Gasteiger partial charge is 0.0267 e. The number of aromatic nitrogens is 4. The molecule has 0 spiro atoms. The summed E-state index contributed by atoms with van der Waals surface area (Å²) in [5.74, 6) is 0. The third-order valence-corrected chi connectivity index (χ3v) is 0.898. The summed E-state index contributed by atoms with van der Waals surface area (Å²) in [6.45, 7) is 0. The molecule has 0 radical (unpaired) electrons. The third kappa shape index (κ3) is 3.97. The standard InChI is InChI=1S/C5H5N.CH2BN3/c1-2-4-6-5-3-1;1-2-4-5-3-1/h1-5H;1H,(H,3,4). The van der Waals surface area contributed by atoms with E-state index in [1.165, 1.54) is 0 Å². The fourth-order valence-electron chi connectivity index (χ4n) is 0.479. The fourth-order valence-corrected chi connectivity index (χ4v) is 0.479. The Morgan fingerprint density at radius 2 is 1.91 bits per heavy atom. The zero-order valence-electron chi connectivity index (χ0n) is 5.88. The number of pyridine rings is 1. The number of nitrogens with one attached hydrogen (secondary N) is 1. The van der Waals surface area contributed by atoms with E-state index in [2.05, 4.69) is 20.3 Å². The first kappa shape index (κ1) is 7.59. The molecule has 0 aliphatic heterocycles. The van der Waals surface area contributed by atoms with Gasteiger partial charge >= 0.3 is 28.5 Å². The van der Waals surface area contributed by atoms with Crippen molar-refractivity contribution in [2.75, 3.05) is 0 Å². The number of hydrogen-bond acceptors (Lipinski definition) is 3. The Bertz CT molecular complexity index is 200. The maximum atomic E-state index is 3.78. The molecule has 0 saturated heterocycles. The van der Waals surface area contributed by atoms with E-state index in [0.29, 0.717) is 0 Å². The molecule has 2 aromatic rings. The second kappa shape index (κ2) is 5.28. The summed E-state index contributed by atoms with van der Waals surface area (Å²) in [5, 5.41) is 9.26. The minimum atomic E-state index is 1.58. The first-order valence-corrected chi connectivity index (χ1v) is 3.15. The monoisotopic (exact) mass is 146 g/mol. The summed E-state index contributed by atoms with van der Waals surface area (Å²) in [6, 6.07) is 5.72. The second-order valence-electron chi connectivity index (χ2n) is 1.68. The molecule has 4 nitrogen and oxygen atoms in total. The molecule has 0 aliphatic carbocycles. The number of aromatic amines is 1. The molecule has 0 bridgehead atoms. The van der Waals surface area contributed by atoms with Crippen LogP contribution < -0.4 is 0 Å². The van der Waals surface area contributed by atoms with Crippen LogP contribution >= 0.6 is 0 Å². The van der Waals surface area contributed by atoms with E-state index >= 15 is 0 Å². The van der Waals surface area contributed by atoms with Crippen molar-refractivity contribution < 1.29 is 0 Å². The van der Waals surface area contributed by atoms with Crippen molar-refractivity contribution in [1.82, 2.24) is 20.3 Å². The quantitative estimate of drug-likeness (QED) is 0.578. The summed E-state index contributed by atoms with van der Waals surface area (Å²) >= 11 is 0. The van der Waals surface area contributed by atoms with Gasteiger partial charge in [0, 0.05) is 12.4 Å². The topological polar surface area (TPSA) is 54.5 Å². The number of rotatable bonds is 0. The van der Waals surface area contributed by atoms with Gasteiger partial charge in [-0.2, -0.15) is 0 Å². The number of nitrogens with zero attached hydrogens (tertiary/aromatic N) is 3. The average Bonchev–Trinajstić information content (AvgIpc) is 2.64. The van der Waals surface area contributed by atoms with Gasteiger partial charge in [-0.05, 0) is 12.1 Å². The molecule has 54 valence electrons. The van der Waals surface area contributed by atoms with Gasteiger partial charge in [-0.15, -0.1) is 0 Å². The summed E-state index contributed by atoms with van der Waals surface area (Å²) in [7, 11) is 1.58. The predicted octanol–water partition coefficient (Wildman–Crippen LogP) is 0.224. The first-order valence-electron chi connectivity index (χ1n) is 3.15. The molecule has 0 aromatic carbocycles. The van der Waals surface area contributed by atoms with Gasteiger partial charge < -0.3 is 0 Å². The average molecular weight is 146 g/mol. The number of H-pyrrole nitrogens is 1. The number of hydrogen-bond donors (Lipinski definition) is 1. The van der Waals surface area contributed by atoms with Gasteiger partial charge in [-0.3, -0.25) is 4.98 Å². The molecule has 11 heavy (non-hydrogen) atoms. The Balaban J connectivity index is 0.000000112. The molecule has 0 fully saturated rings. The molecule has 0 aliphatic rings. The summed E-state index contributed by atoms with van der Waals surface area (Å²) < 4.78 is 0. The largest absolute Gasteiger partial charge is 0.265 e. The summed E-state index contributed by atoms with van der Waals surface area (Å²) in [5.41, 5.74) is 0. The third-order valence-electron chi connectivity index (χ3n) is 0.898. The molecule has 0 unspecified atom stereocenters. The molecule has 2 aromatic heterocycles. The predicted molar refractivity (Wildman–Crippen MR) is 42.0 cm³/mol. The van der Waals surface area contributed by atoms with Crippen LogP contribution in [-0.4, -0.2) is 27.4 Å². The van der Waals surface area contributed by atoms with E-state index < -0.39 is 0 Å². The van der Waals surface area contributed by atoms with Gasteiger partial charge in [-0.25, -0.2) is 0 Å². The molecule has 5 heteroatoms. The van der Waals surface area contributed by atoms with Crippen LogP contribution in [0.5, 0.6) is 0 Å². The van der Waals surface area contributed by atoms with Gasteiger partial charge in [0.25, 0.3) is 0 Å². The second-order valence-corrected chi connectivity index (χ2v) is 1.68. The summed E-state index contributed by atoms with van der Waals surface area (Å²) in [4.78, 5) is 3.78. The minimum absolute atomic E-state index is 1.58. The Morgan fingerprint density at radius 3 is 2.09 bits per heavy atom. The summed E-state index contributed by atoms with van der Waals surface area (Å²) in [6.07, 6.45) is 5.15. The fraction of sp³-hybridized carbons (Fsp3) is 0. The van der Waals surface area contributed by atoms with Crippen LogP contribution in [0.2, 0.25) is 0 Å². The van der Waals surface area contributed by atoms with Crippen molar-refractivity contribution in [3.05, 3.63) is 36.7 Å². The van der Waals surface area contributed by atoms with Crippen LogP contribution in [0.3, 0.4) is 0 Å². The van der Waals surface area contributed by atoms with Crippen LogP contribution in [0.4, 0.5) is 0 Å². The van der Waals surface area contributed by atoms with E-state index in [4.69, 9.17) is 0 Å². The van der Waals surface area contributed by atoms with Crippen molar-refractivity contribution in [1.29, 1.82) is 0 Å².